The Labute approximate surface area is 137 Å². The van der Waals surface area contributed by atoms with Gasteiger partial charge >= 0.3 is 0 Å². The van der Waals surface area contributed by atoms with Gasteiger partial charge in [-0.3, -0.25) is 0 Å². The van der Waals surface area contributed by atoms with Crippen LogP contribution in [0.2, 0.25) is 0 Å². The summed E-state index contributed by atoms with van der Waals surface area (Å²) in [5, 5.41) is 4.36. The summed E-state index contributed by atoms with van der Waals surface area (Å²) in [7, 11) is 0. The first kappa shape index (κ1) is 14.3. The number of aromatic nitrogens is 2. The molecule has 3 aromatic rings. The van der Waals surface area contributed by atoms with Gasteiger partial charge in [-0.1, -0.05) is 25.1 Å². The molecule has 3 rings (SSSR count). The van der Waals surface area contributed by atoms with Gasteiger partial charge in [-0.05, 0) is 42.0 Å². The Hall–Kier alpha value is -1.63. The fourth-order valence-corrected chi connectivity index (χ4v) is 3.10. The van der Waals surface area contributed by atoms with E-state index in [0.29, 0.717) is 5.82 Å². The van der Waals surface area contributed by atoms with Crippen molar-refractivity contribution in [1.29, 1.82) is 0 Å². The Balaban J connectivity index is 2.19. The lowest BCUT2D eigenvalue weighted by molar-refractivity contribution is 0.616. The van der Waals surface area contributed by atoms with Gasteiger partial charge in [0.05, 0.1) is 14.8 Å². The Morgan fingerprint density at radius 3 is 2.76 bits per heavy atom. The van der Waals surface area contributed by atoms with Crippen molar-refractivity contribution >= 4 is 39.4 Å². The molecule has 4 nitrogen and oxygen atoms in total. The summed E-state index contributed by atoms with van der Waals surface area (Å²) in [6.45, 7) is 5.01. The van der Waals surface area contributed by atoms with Gasteiger partial charge < -0.3 is 9.73 Å². The molecule has 2 aromatic heterocycles. The van der Waals surface area contributed by atoms with E-state index in [4.69, 9.17) is 9.40 Å². The van der Waals surface area contributed by atoms with Crippen LogP contribution in [0.4, 0.5) is 5.82 Å². The number of hydrogen-bond acceptors (Lipinski definition) is 4. The topological polar surface area (TPSA) is 51.0 Å². The van der Waals surface area contributed by atoms with E-state index in [-0.39, 0.29) is 0 Å². The number of benzene rings is 1. The van der Waals surface area contributed by atoms with Crippen molar-refractivity contribution in [3.63, 3.8) is 0 Å². The van der Waals surface area contributed by atoms with Gasteiger partial charge in [0.2, 0.25) is 0 Å². The first-order valence-electron chi connectivity index (χ1n) is 7.01. The maximum Gasteiger partial charge on any atom is 0.165 e. The van der Waals surface area contributed by atoms with E-state index >= 15 is 0 Å². The Morgan fingerprint density at radius 1 is 1.19 bits per heavy atom. The SMILES string of the molecule is CCNc1nc(-c2coc3ccccc23)nc(CC)c1I. The minimum Gasteiger partial charge on any atom is -0.464 e. The largest absolute Gasteiger partial charge is 0.464 e. The maximum absolute atomic E-state index is 5.60. The van der Waals surface area contributed by atoms with E-state index in [1.807, 2.05) is 24.3 Å². The molecule has 0 fully saturated rings. The summed E-state index contributed by atoms with van der Waals surface area (Å²) in [4.78, 5) is 9.38. The number of nitrogens with one attached hydrogen (secondary N) is 1. The molecule has 5 heteroatoms. The van der Waals surface area contributed by atoms with Crippen LogP contribution in [0.1, 0.15) is 19.5 Å². The number of nitrogens with zero attached hydrogens (tertiary/aromatic N) is 2. The van der Waals surface area contributed by atoms with Crippen molar-refractivity contribution in [3.05, 3.63) is 39.8 Å². The zero-order valence-electron chi connectivity index (χ0n) is 12.0. The molecule has 0 aliphatic rings. The zero-order valence-corrected chi connectivity index (χ0v) is 14.1. The second-order valence-electron chi connectivity index (χ2n) is 4.69. The third-order valence-corrected chi connectivity index (χ3v) is 4.45. The molecule has 0 saturated heterocycles. The minimum absolute atomic E-state index is 0.716. The van der Waals surface area contributed by atoms with Crippen molar-refractivity contribution < 1.29 is 4.42 Å². The van der Waals surface area contributed by atoms with Crippen LogP contribution in [0.15, 0.2) is 34.9 Å². The van der Waals surface area contributed by atoms with Crippen molar-refractivity contribution in [1.82, 2.24) is 9.97 Å². The van der Waals surface area contributed by atoms with E-state index in [1.165, 1.54) is 0 Å². The van der Waals surface area contributed by atoms with Gasteiger partial charge in [0, 0.05) is 11.9 Å². The first-order valence-corrected chi connectivity index (χ1v) is 8.09. The highest BCUT2D eigenvalue weighted by atomic mass is 127. The molecule has 0 saturated carbocycles. The van der Waals surface area contributed by atoms with Crippen LogP contribution in [0.3, 0.4) is 0 Å². The van der Waals surface area contributed by atoms with Crippen molar-refractivity contribution in [3.8, 4) is 11.4 Å². The lowest BCUT2D eigenvalue weighted by Crippen LogP contribution is -2.07. The lowest BCUT2D eigenvalue weighted by atomic mass is 10.1. The molecule has 0 unspecified atom stereocenters. The quantitative estimate of drug-likeness (QED) is 0.664. The number of furan rings is 1. The molecule has 0 aliphatic heterocycles. The van der Waals surface area contributed by atoms with E-state index in [9.17, 15) is 0 Å². The minimum atomic E-state index is 0.716. The number of anilines is 1. The maximum atomic E-state index is 5.60. The van der Waals surface area contributed by atoms with Crippen LogP contribution in [-0.4, -0.2) is 16.5 Å². The average Bonchev–Trinajstić information content (AvgIpc) is 2.93. The summed E-state index contributed by atoms with van der Waals surface area (Å²) in [6, 6.07) is 7.96. The number of para-hydroxylation sites is 1. The van der Waals surface area contributed by atoms with Crippen molar-refractivity contribution in [2.24, 2.45) is 0 Å². The van der Waals surface area contributed by atoms with Crippen LogP contribution in [-0.2, 0) is 6.42 Å². The fourth-order valence-electron chi connectivity index (χ4n) is 2.28. The normalized spacial score (nSPS) is 11.0. The monoisotopic (exact) mass is 393 g/mol. The standard InChI is InChI=1S/C16H16IN3O/c1-3-12-14(17)16(18-4-2)20-15(19-12)11-9-21-13-8-6-5-7-10(11)13/h5-9H,3-4H2,1-2H3,(H,18,19,20). The molecule has 0 spiro atoms. The molecule has 0 radical (unpaired) electrons. The highest BCUT2D eigenvalue weighted by molar-refractivity contribution is 14.1. The Kier molecular flexibility index (Phi) is 4.10. The Bertz CT molecular complexity index is 782. The molecule has 108 valence electrons. The van der Waals surface area contributed by atoms with Gasteiger partial charge in [0.1, 0.15) is 17.7 Å². The zero-order chi connectivity index (χ0) is 14.8. The Morgan fingerprint density at radius 2 is 2.00 bits per heavy atom. The summed E-state index contributed by atoms with van der Waals surface area (Å²) < 4.78 is 6.70. The molecule has 1 aromatic carbocycles. The highest BCUT2D eigenvalue weighted by Gasteiger charge is 2.15. The summed E-state index contributed by atoms with van der Waals surface area (Å²) in [6.07, 6.45) is 2.62. The molecular weight excluding hydrogens is 377 g/mol. The first-order chi connectivity index (χ1) is 10.2. The number of fused-ring (bicyclic) bond motifs is 1. The molecule has 0 aliphatic carbocycles. The van der Waals surface area contributed by atoms with Crippen LogP contribution in [0, 0.1) is 3.57 Å². The molecule has 2 heterocycles. The van der Waals surface area contributed by atoms with Crippen LogP contribution < -0.4 is 5.32 Å². The molecular formula is C16H16IN3O. The third kappa shape index (κ3) is 2.62. The van der Waals surface area contributed by atoms with Gasteiger partial charge in [-0.15, -0.1) is 0 Å². The van der Waals surface area contributed by atoms with Crippen molar-refractivity contribution in [2.75, 3.05) is 11.9 Å². The van der Waals surface area contributed by atoms with Crippen LogP contribution in [0.5, 0.6) is 0 Å². The average molecular weight is 393 g/mol. The number of rotatable bonds is 4. The smallest absolute Gasteiger partial charge is 0.165 e. The second-order valence-corrected chi connectivity index (χ2v) is 5.76. The predicted molar refractivity (Wildman–Crippen MR) is 93.5 cm³/mol. The molecule has 1 N–H and O–H groups in total. The van der Waals surface area contributed by atoms with Gasteiger partial charge in [-0.2, -0.15) is 0 Å². The number of hydrogen-bond donors (Lipinski definition) is 1. The number of halogens is 1. The van der Waals surface area contributed by atoms with Gasteiger partial charge in [0.25, 0.3) is 0 Å². The van der Waals surface area contributed by atoms with E-state index in [2.05, 4.69) is 46.7 Å². The van der Waals surface area contributed by atoms with Gasteiger partial charge in [0.15, 0.2) is 5.82 Å². The summed E-state index contributed by atoms with van der Waals surface area (Å²) in [5.74, 6) is 1.61. The summed E-state index contributed by atoms with van der Waals surface area (Å²) in [5.41, 5.74) is 2.86. The molecule has 0 bridgehead atoms. The number of aryl methyl sites for hydroxylation is 1. The molecule has 21 heavy (non-hydrogen) atoms. The van der Waals surface area contributed by atoms with E-state index in [1.54, 1.807) is 6.26 Å². The highest BCUT2D eigenvalue weighted by Crippen LogP contribution is 2.30. The van der Waals surface area contributed by atoms with Gasteiger partial charge in [-0.25, -0.2) is 9.97 Å². The van der Waals surface area contributed by atoms with E-state index in [0.717, 1.165) is 44.6 Å². The van der Waals surface area contributed by atoms with Crippen LogP contribution in [0.25, 0.3) is 22.4 Å². The fraction of sp³-hybridized carbons (Fsp3) is 0.250. The van der Waals surface area contributed by atoms with Crippen molar-refractivity contribution in [2.45, 2.75) is 20.3 Å². The molecule has 0 atom stereocenters. The predicted octanol–water partition coefficient (Wildman–Crippen LogP) is 4.49. The second kappa shape index (κ2) is 6.01. The molecule has 0 amide bonds. The summed E-state index contributed by atoms with van der Waals surface area (Å²) >= 11 is 2.31. The third-order valence-electron chi connectivity index (χ3n) is 3.32. The lowest BCUT2D eigenvalue weighted by Gasteiger charge is -2.10. The van der Waals surface area contributed by atoms with Crippen LogP contribution >= 0.6 is 22.6 Å². The van der Waals surface area contributed by atoms with E-state index < -0.39 is 0 Å².